The number of amides is 1. The minimum atomic E-state index is -2.00. The standard InChI is InChI=1S/C33H44N4O6Si/c1-22-29(14-9-24-7-6-8-26(19-24)37-31(40)20-32(37)42-23(2)39)43-30(15-17-36-21-25(16-18-38)34-35-36)33(22)44(4,5)28-12-10-27(41-3)11-13-28/h6-8,10-13,19,21-22,29-30,32-33,38H,9,14-18,20H2,1-5H3/t22-,29+,30-,32?,33+/m1/s1. The maximum atomic E-state index is 12.4. The first-order chi connectivity index (χ1) is 21.1. The van der Waals surface area contributed by atoms with Gasteiger partial charge in [0.1, 0.15) is 5.75 Å². The molecule has 0 bridgehead atoms. The molecule has 2 saturated heterocycles. The lowest BCUT2D eigenvalue weighted by Crippen LogP contribution is -2.54. The smallest absolute Gasteiger partial charge is 0.304 e. The van der Waals surface area contributed by atoms with Crippen molar-refractivity contribution in [1.29, 1.82) is 0 Å². The number of nitrogens with zero attached hydrogens (tertiary/aromatic N) is 4. The molecule has 0 aliphatic carbocycles. The van der Waals surface area contributed by atoms with E-state index in [9.17, 15) is 14.7 Å². The summed E-state index contributed by atoms with van der Waals surface area (Å²) in [5.74, 6) is 0.761. The summed E-state index contributed by atoms with van der Waals surface area (Å²) in [7, 11) is -0.308. The lowest BCUT2D eigenvalue weighted by Gasteiger charge is -2.39. The predicted octanol–water partition coefficient (Wildman–Crippen LogP) is 3.86. The fraction of sp³-hybridized carbons (Fsp3) is 0.515. The second-order valence-electron chi connectivity index (χ2n) is 12.5. The fourth-order valence-electron chi connectivity index (χ4n) is 7.01. The number of hydrogen-bond donors (Lipinski definition) is 1. The Kier molecular flexibility index (Phi) is 9.86. The number of β-lactam (4-membered cyclic amide) rings is 1. The van der Waals surface area contributed by atoms with Crippen molar-refractivity contribution in [3.8, 4) is 5.75 Å². The second-order valence-corrected chi connectivity index (χ2v) is 17.2. The maximum absolute atomic E-state index is 12.4. The van der Waals surface area contributed by atoms with Gasteiger partial charge in [-0.15, -0.1) is 5.10 Å². The number of ether oxygens (including phenoxy) is 3. The van der Waals surface area contributed by atoms with E-state index in [0.717, 1.165) is 42.0 Å². The summed E-state index contributed by atoms with van der Waals surface area (Å²) in [6, 6.07) is 16.5. The van der Waals surface area contributed by atoms with Crippen molar-refractivity contribution in [3.05, 3.63) is 66.0 Å². The third kappa shape index (κ3) is 6.90. The SMILES string of the molecule is COc1ccc([Si](C)(C)[C@H]2[C@H](C)[C@H](CCc3cccc(N4C(=O)CC4OC(C)=O)c3)O[C@@H]2CCn2cc(CCO)nn2)cc1. The van der Waals surface area contributed by atoms with E-state index in [1.54, 1.807) is 12.0 Å². The molecule has 2 aliphatic rings. The Morgan fingerprint density at radius 2 is 1.89 bits per heavy atom. The van der Waals surface area contributed by atoms with Gasteiger partial charge in [0.05, 0.1) is 39.5 Å². The zero-order valence-corrected chi connectivity index (χ0v) is 27.3. The first-order valence-electron chi connectivity index (χ1n) is 15.5. The van der Waals surface area contributed by atoms with Gasteiger partial charge in [0.15, 0.2) is 6.23 Å². The van der Waals surface area contributed by atoms with Crippen LogP contribution in [0.25, 0.3) is 0 Å². The molecule has 1 aromatic heterocycles. The van der Waals surface area contributed by atoms with Crippen LogP contribution in [0.3, 0.4) is 0 Å². The van der Waals surface area contributed by atoms with Crippen molar-refractivity contribution < 1.29 is 28.9 Å². The van der Waals surface area contributed by atoms with E-state index in [4.69, 9.17) is 14.2 Å². The Morgan fingerprint density at radius 3 is 2.57 bits per heavy atom. The molecule has 2 aliphatic heterocycles. The van der Waals surface area contributed by atoms with Gasteiger partial charge in [-0.25, -0.2) is 0 Å². The van der Waals surface area contributed by atoms with Crippen LogP contribution in [0, 0.1) is 5.92 Å². The van der Waals surface area contributed by atoms with Crippen LogP contribution < -0.4 is 14.8 Å². The van der Waals surface area contributed by atoms with Crippen LogP contribution in [0.1, 0.15) is 44.4 Å². The number of aryl methyl sites for hydroxylation is 2. The second kappa shape index (κ2) is 13.6. The van der Waals surface area contributed by atoms with Crippen LogP contribution in [0.4, 0.5) is 5.69 Å². The maximum Gasteiger partial charge on any atom is 0.304 e. The highest BCUT2D eigenvalue weighted by Crippen LogP contribution is 2.46. The Balaban J connectivity index is 1.32. The first kappa shape index (κ1) is 31.9. The average Bonchev–Trinajstić information content (AvgIpc) is 3.58. The van der Waals surface area contributed by atoms with Crippen LogP contribution in [0.2, 0.25) is 18.6 Å². The van der Waals surface area contributed by atoms with Crippen molar-refractivity contribution in [2.24, 2.45) is 5.92 Å². The van der Waals surface area contributed by atoms with Crippen molar-refractivity contribution in [2.75, 3.05) is 18.6 Å². The number of carbonyl (C=O) groups excluding carboxylic acids is 2. The van der Waals surface area contributed by atoms with Crippen molar-refractivity contribution in [2.45, 2.75) is 89.6 Å². The molecule has 10 nitrogen and oxygen atoms in total. The number of anilines is 1. The lowest BCUT2D eigenvalue weighted by molar-refractivity contribution is -0.153. The van der Waals surface area contributed by atoms with Gasteiger partial charge < -0.3 is 19.3 Å². The number of aliphatic hydroxyl groups is 1. The van der Waals surface area contributed by atoms with E-state index < -0.39 is 20.3 Å². The monoisotopic (exact) mass is 620 g/mol. The largest absolute Gasteiger partial charge is 0.497 e. The molecule has 5 atom stereocenters. The molecule has 0 spiro atoms. The summed E-state index contributed by atoms with van der Waals surface area (Å²) in [4.78, 5) is 25.4. The van der Waals surface area contributed by atoms with E-state index in [1.807, 2.05) is 29.1 Å². The summed E-state index contributed by atoms with van der Waals surface area (Å²) in [5, 5.41) is 19.1. The molecule has 0 radical (unpaired) electrons. The van der Waals surface area contributed by atoms with Gasteiger partial charge in [0, 0.05) is 38.4 Å². The van der Waals surface area contributed by atoms with Crippen LogP contribution in [-0.2, 0) is 38.4 Å². The minimum absolute atomic E-state index is 0.0478. The molecule has 5 rings (SSSR count). The van der Waals surface area contributed by atoms with Gasteiger partial charge in [-0.1, -0.05) is 54.7 Å². The Bertz CT molecular complexity index is 1440. The number of rotatable bonds is 13. The number of carbonyl (C=O) groups is 2. The average molecular weight is 621 g/mol. The minimum Gasteiger partial charge on any atom is -0.497 e. The van der Waals surface area contributed by atoms with Gasteiger partial charge in [-0.2, -0.15) is 0 Å². The van der Waals surface area contributed by atoms with Gasteiger partial charge in [-0.05, 0) is 60.6 Å². The van der Waals surface area contributed by atoms with Gasteiger partial charge in [-0.3, -0.25) is 19.2 Å². The fourth-order valence-corrected chi connectivity index (χ4v) is 11.1. The van der Waals surface area contributed by atoms with Crippen molar-refractivity contribution in [3.63, 3.8) is 0 Å². The summed E-state index contributed by atoms with van der Waals surface area (Å²) >= 11 is 0. The van der Waals surface area contributed by atoms with Crippen LogP contribution in [0.5, 0.6) is 5.75 Å². The number of esters is 1. The quantitative estimate of drug-likeness (QED) is 0.174. The van der Waals surface area contributed by atoms with Crippen molar-refractivity contribution >= 4 is 30.8 Å². The van der Waals surface area contributed by atoms with E-state index >= 15 is 0 Å². The number of aliphatic hydroxyl groups excluding tert-OH is 1. The Labute approximate surface area is 260 Å². The van der Waals surface area contributed by atoms with Crippen LogP contribution in [0.15, 0.2) is 54.7 Å². The molecule has 1 amide bonds. The summed E-state index contributed by atoms with van der Waals surface area (Å²) in [5.41, 5.74) is 3.04. The van der Waals surface area contributed by atoms with Crippen molar-refractivity contribution in [1.82, 2.24) is 15.0 Å². The zero-order valence-electron chi connectivity index (χ0n) is 26.3. The van der Waals surface area contributed by atoms with Gasteiger partial charge >= 0.3 is 5.97 Å². The van der Waals surface area contributed by atoms with E-state index in [0.29, 0.717) is 24.4 Å². The Hall–Kier alpha value is -3.54. The number of hydrogen-bond acceptors (Lipinski definition) is 8. The molecule has 2 aromatic carbocycles. The lowest BCUT2D eigenvalue weighted by atomic mass is 9.95. The summed E-state index contributed by atoms with van der Waals surface area (Å²) in [6.45, 7) is 9.33. The predicted molar refractivity (Wildman–Crippen MR) is 170 cm³/mol. The molecule has 236 valence electrons. The highest BCUT2D eigenvalue weighted by molar-refractivity contribution is 6.91. The Morgan fingerprint density at radius 1 is 1.11 bits per heavy atom. The third-order valence-corrected chi connectivity index (χ3v) is 13.7. The molecular formula is C33H44N4O6Si. The van der Waals surface area contributed by atoms with Crippen LogP contribution in [-0.4, -0.2) is 72.2 Å². The molecule has 3 heterocycles. The highest BCUT2D eigenvalue weighted by atomic mass is 28.3. The zero-order chi connectivity index (χ0) is 31.4. The van der Waals surface area contributed by atoms with Gasteiger partial charge in [0.2, 0.25) is 5.91 Å². The van der Waals surface area contributed by atoms with E-state index in [1.165, 1.54) is 12.1 Å². The van der Waals surface area contributed by atoms with Crippen LogP contribution >= 0.6 is 0 Å². The topological polar surface area (TPSA) is 116 Å². The first-order valence-corrected chi connectivity index (χ1v) is 18.6. The molecule has 44 heavy (non-hydrogen) atoms. The summed E-state index contributed by atoms with van der Waals surface area (Å²) < 4.78 is 19.5. The van der Waals surface area contributed by atoms with E-state index in [2.05, 4.69) is 60.7 Å². The number of benzene rings is 2. The molecule has 1 N–H and O–H groups in total. The molecule has 1 unspecified atom stereocenters. The number of methoxy groups -OCH3 is 1. The molecule has 2 fully saturated rings. The number of aromatic nitrogens is 3. The van der Waals surface area contributed by atoms with Gasteiger partial charge in [0.25, 0.3) is 0 Å². The molecule has 11 heteroatoms. The third-order valence-electron chi connectivity index (χ3n) is 9.28. The molecule has 3 aromatic rings. The molecular weight excluding hydrogens is 576 g/mol. The summed E-state index contributed by atoms with van der Waals surface area (Å²) in [6.07, 6.45) is 4.72. The molecule has 0 saturated carbocycles. The normalized spacial score (nSPS) is 23.5. The van der Waals surface area contributed by atoms with E-state index in [-0.39, 0.29) is 31.1 Å². The highest BCUT2D eigenvalue weighted by Gasteiger charge is 2.50.